The van der Waals surface area contributed by atoms with E-state index >= 15 is 0 Å². The molecule has 3 N–H and O–H groups in total. The molecular formula is C67H100O12. The normalized spacial score (nSPS) is 19.0. The van der Waals surface area contributed by atoms with E-state index in [-0.39, 0.29) is 25.9 Å². The van der Waals surface area contributed by atoms with Crippen molar-refractivity contribution in [2.45, 2.75) is 225 Å². The van der Waals surface area contributed by atoms with Crippen molar-refractivity contribution in [1.29, 1.82) is 0 Å². The summed E-state index contributed by atoms with van der Waals surface area (Å²) in [5.74, 6) is -3.31. The van der Waals surface area contributed by atoms with Gasteiger partial charge in [0.15, 0.2) is 24.6 Å². The average molecular weight is 1100 g/mol. The van der Waals surface area contributed by atoms with E-state index in [2.05, 4.69) is 167 Å². The van der Waals surface area contributed by atoms with Gasteiger partial charge in [-0.05, 0) is 135 Å². The lowest BCUT2D eigenvalue weighted by Crippen LogP contribution is -2.61. The van der Waals surface area contributed by atoms with Crippen LogP contribution < -0.4 is 0 Å². The molecule has 0 aromatic carbocycles. The Bertz CT molecular complexity index is 1980. The number of esters is 3. The first-order chi connectivity index (χ1) is 38.6. The summed E-state index contributed by atoms with van der Waals surface area (Å²) in [6.07, 6.45) is 65.0. The molecule has 0 aromatic rings. The molecule has 79 heavy (non-hydrogen) atoms. The van der Waals surface area contributed by atoms with E-state index in [1.165, 1.54) is 0 Å². The molecule has 12 nitrogen and oxygen atoms in total. The van der Waals surface area contributed by atoms with Gasteiger partial charge < -0.3 is 39.0 Å². The zero-order chi connectivity index (χ0) is 57.5. The molecule has 0 spiro atoms. The minimum atomic E-state index is -1.94. The van der Waals surface area contributed by atoms with Crippen molar-refractivity contribution in [3.63, 3.8) is 0 Å². The number of unbranched alkanes of at least 4 members (excludes halogenated alkanes) is 7. The predicted octanol–water partition coefficient (Wildman–Crippen LogP) is 15.3. The molecule has 1 aliphatic rings. The minimum Gasteiger partial charge on any atom is -0.479 e. The van der Waals surface area contributed by atoms with E-state index in [1.54, 1.807) is 0 Å². The molecule has 0 radical (unpaired) electrons. The van der Waals surface area contributed by atoms with Gasteiger partial charge in [-0.15, -0.1) is 0 Å². The number of carbonyl (C=O) groups excluding carboxylic acids is 3. The predicted molar refractivity (Wildman–Crippen MR) is 321 cm³/mol. The fraction of sp³-hybridized carbons (Fsp3) is 0.552. The molecule has 1 saturated heterocycles. The second-order valence-corrected chi connectivity index (χ2v) is 19.1. The van der Waals surface area contributed by atoms with Crippen LogP contribution in [0.25, 0.3) is 0 Å². The van der Waals surface area contributed by atoms with Crippen LogP contribution in [0.3, 0.4) is 0 Å². The third-order valence-corrected chi connectivity index (χ3v) is 12.1. The van der Waals surface area contributed by atoms with Gasteiger partial charge in [-0.2, -0.15) is 0 Å². The quantitative estimate of drug-likeness (QED) is 0.0228. The summed E-state index contributed by atoms with van der Waals surface area (Å²) < 4.78 is 28.3. The van der Waals surface area contributed by atoms with Gasteiger partial charge in [0.2, 0.25) is 0 Å². The first-order valence-corrected chi connectivity index (χ1v) is 29.5. The molecular weight excluding hydrogens is 997 g/mol. The SMILES string of the molecule is CC/C=C\C/C=C\C/C=C\C/C=C\C/C=C\CCCCCC(=O)OC1C(OCC(COC(=O)CCC/C=C\C/C=C\C/C=C\C/C=C\C/C=C\CC)OC(=O)CCCCC/C=C\C/C=C\C/C=C\CC)OC(C(=O)O)C(O)C1O. The van der Waals surface area contributed by atoms with Crippen LogP contribution in [0.4, 0.5) is 0 Å². The maximum atomic E-state index is 13.1. The van der Waals surface area contributed by atoms with Gasteiger partial charge in [-0.3, -0.25) is 14.4 Å². The van der Waals surface area contributed by atoms with E-state index in [9.17, 15) is 34.5 Å². The van der Waals surface area contributed by atoms with Crippen molar-refractivity contribution in [1.82, 2.24) is 0 Å². The van der Waals surface area contributed by atoms with Gasteiger partial charge in [-0.25, -0.2) is 4.79 Å². The van der Waals surface area contributed by atoms with Gasteiger partial charge in [0.1, 0.15) is 18.8 Å². The summed E-state index contributed by atoms with van der Waals surface area (Å²) >= 11 is 0. The van der Waals surface area contributed by atoms with Crippen molar-refractivity contribution in [3.05, 3.63) is 158 Å². The largest absolute Gasteiger partial charge is 0.479 e. The van der Waals surface area contributed by atoms with Crippen LogP contribution in [0.2, 0.25) is 0 Å². The number of hydrogen-bond donors (Lipinski definition) is 3. The van der Waals surface area contributed by atoms with E-state index < -0.39 is 67.3 Å². The van der Waals surface area contributed by atoms with Crippen molar-refractivity contribution in [2.75, 3.05) is 13.2 Å². The molecule has 0 amide bonds. The maximum absolute atomic E-state index is 13.1. The number of aliphatic hydroxyl groups is 2. The van der Waals surface area contributed by atoms with E-state index in [4.69, 9.17) is 23.7 Å². The van der Waals surface area contributed by atoms with Crippen molar-refractivity contribution < 1.29 is 58.2 Å². The lowest BCUT2D eigenvalue weighted by molar-refractivity contribution is -0.301. The van der Waals surface area contributed by atoms with Crippen LogP contribution >= 0.6 is 0 Å². The smallest absolute Gasteiger partial charge is 0.335 e. The molecule has 0 aromatic heterocycles. The molecule has 1 aliphatic heterocycles. The Hall–Kier alpha value is -5.66. The van der Waals surface area contributed by atoms with Crippen LogP contribution in [0.15, 0.2) is 158 Å². The van der Waals surface area contributed by atoms with Crippen LogP contribution in [0.5, 0.6) is 0 Å². The van der Waals surface area contributed by atoms with Crippen LogP contribution in [-0.2, 0) is 42.9 Å². The number of hydrogen-bond acceptors (Lipinski definition) is 11. The number of aliphatic hydroxyl groups excluding tert-OH is 2. The molecule has 0 bridgehead atoms. The summed E-state index contributed by atoms with van der Waals surface area (Å²) in [4.78, 5) is 51.1. The number of carbonyl (C=O) groups is 4. The first-order valence-electron chi connectivity index (χ1n) is 29.5. The summed E-state index contributed by atoms with van der Waals surface area (Å²) in [7, 11) is 0. The fourth-order valence-corrected chi connectivity index (χ4v) is 7.68. The number of aliphatic carboxylic acids is 1. The number of carboxylic acid groups (broad SMARTS) is 1. The lowest BCUT2D eigenvalue weighted by Gasteiger charge is -2.40. The number of carboxylic acids is 1. The summed E-state index contributed by atoms with van der Waals surface area (Å²) in [6, 6.07) is 0. The first kappa shape index (κ1) is 71.4. The van der Waals surface area contributed by atoms with Gasteiger partial charge in [0.05, 0.1) is 6.61 Å². The molecule has 440 valence electrons. The van der Waals surface area contributed by atoms with Gasteiger partial charge in [-0.1, -0.05) is 192 Å². The maximum Gasteiger partial charge on any atom is 0.335 e. The molecule has 1 rings (SSSR count). The monoisotopic (exact) mass is 1100 g/mol. The number of allylic oxidation sites excluding steroid dienone is 26. The highest BCUT2D eigenvalue weighted by Gasteiger charge is 2.50. The Labute approximate surface area is 475 Å². The van der Waals surface area contributed by atoms with Gasteiger partial charge >= 0.3 is 23.9 Å². The standard InChI is InChI=1S/C67H100O12/c1-4-7-10-13-16-19-22-25-27-29-30-32-34-37-40-43-46-49-52-55-61(70)78-65-63(72)62(71)64(66(73)74)79-67(65)76-57-58(77-60(69)54-51-48-45-42-39-35-24-21-18-15-12-9-6-3)56-75-59(68)53-50-47-44-41-38-36-33-31-28-26-23-20-17-14-11-8-5-2/h7-12,16-21,25-28,30,32-33,35-37,39-41,44,58,62-65,67,71-72H,4-6,13-15,22-24,29,31,34,38,42-43,45-57H2,1-3H3,(H,73,74)/b10-7-,11-8-,12-9-,19-16-,20-17-,21-18-,27-25-,28-26-,32-30-,36-33-,39-35-,40-37-,44-41-. The zero-order valence-electron chi connectivity index (χ0n) is 48.3. The Balaban J connectivity index is 2.77. The highest BCUT2D eigenvalue weighted by Crippen LogP contribution is 2.26. The number of rotatable bonds is 47. The highest BCUT2D eigenvalue weighted by molar-refractivity contribution is 5.74. The van der Waals surface area contributed by atoms with Crippen molar-refractivity contribution in [2.24, 2.45) is 0 Å². The fourth-order valence-electron chi connectivity index (χ4n) is 7.68. The lowest BCUT2D eigenvalue weighted by atomic mass is 9.98. The molecule has 0 aliphatic carbocycles. The van der Waals surface area contributed by atoms with Crippen LogP contribution in [-0.4, -0.2) is 89.2 Å². The van der Waals surface area contributed by atoms with Crippen LogP contribution in [0, 0.1) is 0 Å². The summed E-state index contributed by atoms with van der Waals surface area (Å²) in [6.45, 7) is 5.54. The molecule has 6 unspecified atom stereocenters. The van der Waals surface area contributed by atoms with E-state index in [0.29, 0.717) is 25.7 Å². The Morgan fingerprint density at radius 2 is 0.772 bits per heavy atom. The second-order valence-electron chi connectivity index (χ2n) is 19.1. The Morgan fingerprint density at radius 3 is 1.16 bits per heavy atom. The van der Waals surface area contributed by atoms with Crippen molar-refractivity contribution >= 4 is 23.9 Å². The van der Waals surface area contributed by atoms with Gasteiger partial charge in [0.25, 0.3) is 0 Å². The van der Waals surface area contributed by atoms with Crippen LogP contribution in [0.1, 0.15) is 188 Å². The molecule has 6 atom stereocenters. The van der Waals surface area contributed by atoms with E-state index in [1.807, 2.05) is 12.2 Å². The molecule has 0 saturated carbocycles. The third-order valence-electron chi connectivity index (χ3n) is 12.1. The number of ether oxygens (including phenoxy) is 5. The topological polar surface area (TPSA) is 175 Å². The molecule has 1 fully saturated rings. The van der Waals surface area contributed by atoms with Gasteiger partial charge in [0, 0.05) is 19.3 Å². The second kappa shape index (κ2) is 53.0. The third kappa shape index (κ3) is 42.9. The Morgan fingerprint density at radius 1 is 0.418 bits per heavy atom. The Kier molecular flexibility index (Phi) is 47.9. The average Bonchev–Trinajstić information content (AvgIpc) is 3.46. The molecule has 12 heteroatoms. The summed E-state index contributed by atoms with van der Waals surface area (Å²) in [5, 5.41) is 31.5. The molecule has 1 heterocycles. The summed E-state index contributed by atoms with van der Waals surface area (Å²) in [5.41, 5.74) is 0. The van der Waals surface area contributed by atoms with E-state index in [0.717, 1.165) is 122 Å². The van der Waals surface area contributed by atoms with Crippen molar-refractivity contribution in [3.8, 4) is 0 Å². The minimum absolute atomic E-state index is 0.00214. The highest BCUT2D eigenvalue weighted by atomic mass is 16.7. The zero-order valence-corrected chi connectivity index (χ0v) is 48.3.